The number of nitrogens with zero attached hydrogens (tertiary/aromatic N) is 5. The standard InChI is InChI=1S/C20H21N5O2/c26-20(17-11-21-15-5-1-2-6-16(15)22-17)25-9-3-4-13(12-25)10-18-23-19(24-27-18)14-7-8-14/h1-2,5-6,11,13-14H,3-4,7-10,12H2/t13-/m1/s1. The topological polar surface area (TPSA) is 85.0 Å². The van der Waals surface area contributed by atoms with Gasteiger partial charge in [0.15, 0.2) is 5.82 Å². The molecule has 3 heterocycles. The Kier molecular flexibility index (Phi) is 4.07. The summed E-state index contributed by atoms with van der Waals surface area (Å²) < 4.78 is 5.41. The van der Waals surface area contributed by atoms with Crippen molar-refractivity contribution in [2.75, 3.05) is 13.1 Å². The molecular weight excluding hydrogens is 342 g/mol. The number of piperidine rings is 1. The number of para-hydroxylation sites is 2. The summed E-state index contributed by atoms with van der Waals surface area (Å²) in [5.41, 5.74) is 1.95. The Hall–Kier alpha value is -2.83. The minimum Gasteiger partial charge on any atom is -0.339 e. The Morgan fingerprint density at radius 1 is 1.15 bits per heavy atom. The van der Waals surface area contributed by atoms with E-state index in [1.165, 1.54) is 0 Å². The molecule has 2 fully saturated rings. The van der Waals surface area contributed by atoms with Gasteiger partial charge in [-0.15, -0.1) is 0 Å². The van der Waals surface area contributed by atoms with E-state index in [0.717, 1.165) is 55.5 Å². The molecule has 1 amide bonds. The van der Waals surface area contributed by atoms with Gasteiger partial charge in [0, 0.05) is 25.4 Å². The lowest BCUT2D eigenvalue weighted by Crippen LogP contribution is -2.41. The number of rotatable bonds is 4. The van der Waals surface area contributed by atoms with Crippen LogP contribution >= 0.6 is 0 Å². The first-order valence-electron chi connectivity index (χ1n) is 9.60. The molecule has 138 valence electrons. The Labute approximate surface area is 156 Å². The molecule has 1 aliphatic carbocycles. The summed E-state index contributed by atoms with van der Waals surface area (Å²) >= 11 is 0. The molecule has 0 N–H and O–H groups in total. The number of carbonyl (C=O) groups excluding carboxylic acids is 1. The minimum absolute atomic E-state index is 0.0536. The molecule has 1 atom stereocenters. The highest BCUT2D eigenvalue weighted by atomic mass is 16.5. The van der Waals surface area contributed by atoms with Crippen LogP contribution < -0.4 is 0 Å². The van der Waals surface area contributed by atoms with Gasteiger partial charge in [0.1, 0.15) is 5.69 Å². The molecular formula is C20H21N5O2. The molecule has 1 saturated carbocycles. The predicted octanol–water partition coefficient (Wildman–Crippen LogP) is 2.99. The van der Waals surface area contributed by atoms with E-state index in [1.54, 1.807) is 6.20 Å². The molecule has 1 saturated heterocycles. The Bertz CT molecular complexity index is 981. The van der Waals surface area contributed by atoms with Gasteiger partial charge in [-0.25, -0.2) is 4.98 Å². The van der Waals surface area contributed by atoms with Crippen LogP contribution in [0.5, 0.6) is 0 Å². The second kappa shape index (κ2) is 6.72. The van der Waals surface area contributed by atoms with Gasteiger partial charge in [0.25, 0.3) is 5.91 Å². The summed E-state index contributed by atoms with van der Waals surface area (Å²) in [5, 5.41) is 4.09. The number of fused-ring (bicyclic) bond motifs is 1. The van der Waals surface area contributed by atoms with Crippen molar-refractivity contribution < 1.29 is 9.32 Å². The molecule has 7 heteroatoms. The molecule has 1 aromatic carbocycles. The smallest absolute Gasteiger partial charge is 0.274 e. The van der Waals surface area contributed by atoms with Crippen molar-refractivity contribution in [1.29, 1.82) is 0 Å². The minimum atomic E-state index is -0.0536. The van der Waals surface area contributed by atoms with Crippen LogP contribution in [0.25, 0.3) is 11.0 Å². The van der Waals surface area contributed by atoms with Gasteiger partial charge < -0.3 is 9.42 Å². The van der Waals surface area contributed by atoms with Gasteiger partial charge in [0.2, 0.25) is 5.89 Å². The second-order valence-corrected chi connectivity index (χ2v) is 7.53. The first-order chi connectivity index (χ1) is 13.3. The first kappa shape index (κ1) is 16.4. The number of aromatic nitrogens is 4. The highest BCUT2D eigenvalue weighted by Gasteiger charge is 2.30. The zero-order valence-electron chi connectivity index (χ0n) is 15.0. The van der Waals surface area contributed by atoms with Crippen LogP contribution in [0.1, 0.15) is 53.8 Å². The van der Waals surface area contributed by atoms with Crippen LogP contribution in [0, 0.1) is 5.92 Å². The first-order valence-corrected chi connectivity index (χ1v) is 9.60. The third-order valence-corrected chi connectivity index (χ3v) is 5.36. The average molecular weight is 363 g/mol. The lowest BCUT2D eigenvalue weighted by molar-refractivity contribution is 0.0662. The number of likely N-dealkylation sites (tertiary alicyclic amines) is 1. The van der Waals surface area contributed by atoms with Crippen LogP contribution in [-0.4, -0.2) is 44.0 Å². The molecule has 27 heavy (non-hydrogen) atoms. The number of benzene rings is 1. The highest BCUT2D eigenvalue weighted by Crippen LogP contribution is 2.38. The molecule has 3 aromatic rings. The van der Waals surface area contributed by atoms with E-state index in [2.05, 4.69) is 20.1 Å². The van der Waals surface area contributed by atoms with Crippen molar-refractivity contribution in [1.82, 2.24) is 25.0 Å². The van der Waals surface area contributed by atoms with Crippen molar-refractivity contribution in [3.05, 3.63) is 47.9 Å². The van der Waals surface area contributed by atoms with E-state index in [0.29, 0.717) is 30.0 Å². The van der Waals surface area contributed by atoms with Crippen LogP contribution in [0.15, 0.2) is 35.0 Å². The number of carbonyl (C=O) groups is 1. The Morgan fingerprint density at radius 2 is 2.00 bits per heavy atom. The lowest BCUT2D eigenvalue weighted by atomic mass is 9.94. The number of hydrogen-bond donors (Lipinski definition) is 0. The highest BCUT2D eigenvalue weighted by molar-refractivity contribution is 5.93. The van der Waals surface area contributed by atoms with Gasteiger partial charge in [0.05, 0.1) is 17.2 Å². The van der Waals surface area contributed by atoms with E-state index in [4.69, 9.17) is 4.52 Å². The van der Waals surface area contributed by atoms with Crippen LogP contribution in [0.4, 0.5) is 0 Å². The molecule has 1 aliphatic heterocycles. The van der Waals surface area contributed by atoms with Gasteiger partial charge in [-0.3, -0.25) is 9.78 Å². The monoisotopic (exact) mass is 363 g/mol. The summed E-state index contributed by atoms with van der Waals surface area (Å²) in [5.74, 6) is 2.33. The molecule has 0 unspecified atom stereocenters. The average Bonchev–Trinajstić information content (AvgIpc) is 3.47. The van der Waals surface area contributed by atoms with Gasteiger partial charge >= 0.3 is 0 Å². The number of hydrogen-bond acceptors (Lipinski definition) is 6. The van der Waals surface area contributed by atoms with Crippen LogP contribution in [0.2, 0.25) is 0 Å². The fourth-order valence-corrected chi connectivity index (χ4v) is 3.74. The quantitative estimate of drug-likeness (QED) is 0.708. The summed E-state index contributed by atoms with van der Waals surface area (Å²) in [7, 11) is 0. The van der Waals surface area contributed by atoms with Crippen molar-refractivity contribution in [3.8, 4) is 0 Å². The Balaban J connectivity index is 1.28. The van der Waals surface area contributed by atoms with E-state index in [9.17, 15) is 4.79 Å². The maximum Gasteiger partial charge on any atom is 0.274 e. The maximum atomic E-state index is 12.9. The SMILES string of the molecule is O=C(c1cnc2ccccc2n1)N1CCC[C@H](Cc2nc(C3CC3)no2)C1. The summed E-state index contributed by atoms with van der Waals surface area (Å²) in [6.07, 6.45) is 6.67. The summed E-state index contributed by atoms with van der Waals surface area (Å²) in [6.45, 7) is 1.44. The summed E-state index contributed by atoms with van der Waals surface area (Å²) in [6, 6.07) is 7.60. The molecule has 0 bridgehead atoms. The van der Waals surface area contributed by atoms with Gasteiger partial charge in [-0.05, 0) is 43.7 Å². The van der Waals surface area contributed by atoms with Crippen molar-refractivity contribution in [3.63, 3.8) is 0 Å². The molecule has 2 aliphatic rings. The van der Waals surface area contributed by atoms with Crippen LogP contribution in [0.3, 0.4) is 0 Å². The molecule has 0 spiro atoms. The second-order valence-electron chi connectivity index (χ2n) is 7.53. The number of amides is 1. The lowest BCUT2D eigenvalue weighted by Gasteiger charge is -2.32. The largest absolute Gasteiger partial charge is 0.339 e. The van der Waals surface area contributed by atoms with E-state index < -0.39 is 0 Å². The predicted molar refractivity (Wildman–Crippen MR) is 98.1 cm³/mol. The molecule has 2 aromatic heterocycles. The van der Waals surface area contributed by atoms with E-state index in [-0.39, 0.29) is 5.91 Å². The van der Waals surface area contributed by atoms with Crippen molar-refractivity contribution >= 4 is 16.9 Å². The fraction of sp³-hybridized carbons (Fsp3) is 0.450. The zero-order chi connectivity index (χ0) is 18.2. The normalized spacial score (nSPS) is 20.1. The molecule has 0 radical (unpaired) electrons. The third kappa shape index (κ3) is 3.41. The fourth-order valence-electron chi connectivity index (χ4n) is 3.74. The van der Waals surface area contributed by atoms with E-state index in [1.807, 2.05) is 29.2 Å². The van der Waals surface area contributed by atoms with Crippen LogP contribution in [-0.2, 0) is 6.42 Å². The van der Waals surface area contributed by atoms with Crippen molar-refractivity contribution in [2.45, 2.75) is 38.0 Å². The van der Waals surface area contributed by atoms with Crippen molar-refractivity contribution in [2.24, 2.45) is 5.92 Å². The maximum absolute atomic E-state index is 12.9. The van der Waals surface area contributed by atoms with Gasteiger partial charge in [-0.2, -0.15) is 4.98 Å². The third-order valence-electron chi connectivity index (χ3n) is 5.36. The Morgan fingerprint density at radius 3 is 2.85 bits per heavy atom. The summed E-state index contributed by atoms with van der Waals surface area (Å²) in [4.78, 5) is 28.2. The van der Waals surface area contributed by atoms with E-state index >= 15 is 0 Å². The molecule has 5 rings (SSSR count). The molecule has 7 nitrogen and oxygen atoms in total. The zero-order valence-corrected chi connectivity index (χ0v) is 15.0. The van der Waals surface area contributed by atoms with Gasteiger partial charge in [-0.1, -0.05) is 17.3 Å².